The van der Waals surface area contributed by atoms with Gasteiger partial charge in [-0.2, -0.15) is 0 Å². The average molecular weight is 199 g/mol. The summed E-state index contributed by atoms with van der Waals surface area (Å²) in [6.07, 6.45) is 2.10. The molecule has 0 spiro atoms. The smallest absolute Gasteiger partial charge is 0.321 e. The lowest BCUT2D eigenvalue weighted by Crippen LogP contribution is -2.39. The van der Waals surface area contributed by atoms with Gasteiger partial charge in [0.1, 0.15) is 0 Å². The second-order valence-corrected chi connectivity index (χ2v) is 2.76. The monoisotopic (exact) mass is 199 g/mol. The van der Waals surface area contributed by atoms with Gasteiger partial charge in [0.25, 0.3) is 0 Å². The van der Waals surface area contributed by atoms with Crippen molar-refractivity contribution >= 4 is 11.9 Å². The van der Waals surface area contributed by atoms with Crippen LogP contribution in [0.1, 0.15) is 13.3 Å². The maximum Gasteiger partial charge on any atom is 0.321 e. The summed E-state index contributed by atoms with van der Waals surface area (Å²) in [5, 5.41) is 17.2. The lowest BCUT2D eigenvalue weighted by Gasteiger charge is -2.13. The summed E-state index contributed by atoms with van der Waals surface area (Å²) in [7, 11) is 0. The molecule has 6 heteroatoms. The Morgan fingerprint density at radius 2 is 2.57 bits per heavy atom. The highest BCUT2D eigenvalue weighted by atomic mass is 16.5. The van der Waals surface area contributed by atoms with Gasteiger partial charge < -0.3 is 14.9 Å². The fourth-order valence-corrected chi connectivity index (χ4v) is 0.890. The summed E-state index contributed by atoms with van der Waals surface area (Å²) >= 11 is 0. The average Bonchev–Trinajstić information content (AvgIpc) is 2.66. The molecule has 1 atom stereocenters. The Hall–Kier alpha value is -1.56. The molecule has 0 saturated heterocycles. The van der Waals surface area contributed by atoms with Gasteiger partial charge in [0.15, 0.2) is 0 Å². The molecule has 1 aromatic rings. The molecule has 1 aromatic heterocycles. The molecule has 1 heterocycles. The van der Waals surface area contributed by atoms with Crippen LogP contribution < -0.4 is 10.6 Å². The van der Waals surface area contributed by atoms with Crippen molar-refractivity contribution in [1.29, 1.82) is 0 Å². The number of aliphatic hydroxyl groups excluding tert-OH is 1. The summed E-state index contributed by atoms with van der Waals surface area (Å²) in [6, 6.07) is 0.875. The van der Waals surface area contributed by atoms with E-state index in [1.165, 1.54) is 12.3 Å². The van der Waals surface area contributed by atoms with E-state index >= 15 is 0 Å². The zero-order valence-electron chi connectivity index (χ0n) is 7.86. The van der Waals surface area contributed by atoms with E-state index in [-0.39, 0.29) is 18.5 Å². The lowest BCUT2D eigenvalue weighted by molar-refractivity contribution is 0.222. The molecule has 0 aromatic carbocycles. The summed E-state index contributed by atoms with van der Waals surface area (Å²) in [5.74, 6) is 0.273. The number of carbonyl (C=O) groups is 1. The minimum atomic E-state index is -0.414. The number of aliphatic hydroxyl groups is 1. The van der Waals surface area contributed by atoms with Gasteiger partial charge in [-0.15, -0.1) is 0 Å². The maximum absolute atomic E-state index is 11.2. The van der Waals surface area contributed by atoms with E-state index in [1.807, 2.05) is 6.92 Å². The number of carbonyl (C=O) groups excluding carboxylic acids is 1. The molecule has 78 valence electrons. The zero-order chi connectivity index (χ0) is 10.4. The van der Waals surface area contributed by atoms with Gasteiger partial charge in [0, 0.05) is 6.07 Å². The van der Waals surface area contributed by atoms with Crippen molar-refractivity contribution in [2.75, 3.05) is 11.9 Å². The van der Waals surface area contributed by atoms with Crippen molar-refractivity contribution in [3.63, 3.8) is 0 Å². The second-order valence-electron chi connectivity index (χ2n) is 2.76. The van der Waals surface area contributed by atoms with E-state index in [0.717, 1.165) is 0 Å². The minimum absolute atomic E-state index is 0.0830. The van der Waals surface area contributed by atoms with E-state index in [2.05, 4.69) is 20.3 Å². The number of amides is 2. The van der Waals surface area contributed by atoms with Crippen LogP contribution in [-0.4, -0.2) is 28.9 Å². The van der Waals surface area contributed by atoms with Crippen LogP contribution in [0.25, 0.3) is 0 Å². The summed E-state index contributed by atoms with van der Waals surface area (Å²) in [4.78, 5) is 11.2. The Bertz CT molecular complexity index is 269. The van der Waals surface area contributed by atoms with Crippen LogP contribution in [0.4, 0.5) is 10.7 Å². The van der Waals surface area contributed by atoms with E-state index in [0.29, 0.717) is 6.42 Å². The molecule has 0 aliphatic rings. The molecule has 0 saturated carbocycles. The number of hydrogen-bond acceptors (Lipinski definition) is 4. The molecule has 14 heavy (non-hydrogen) atoms. The molecule has 2 amide bonds. The molecule has 1 unspecified atom stereocenters. The molecular formula is C8H13N3O3. The van der Waals surface area contributed by atoms with E-state index in [1.54, 1.807) is 0 Å². The first-order chi connectivity index (χ1) is 6.76. The van der Waals surface area contributed by atoms with Crippen LogP contribution in [-0.2, 0) is 0 Å². The molecule has 3 N–H and O–H groups in total. The molecule has 0 bridgehead atoms. The first-order valence-corrected chi connectivity index (χ1v) is 4.35. The molecule has 0 aliphatic carbocycles. The van der Waals surface area contributed by atoms with Gasteiger partial charge in [-0.25, -0.2) is 4.79 Å². The van der Waals surface area contributed by atoms with Gasteiger partial charge in [-0.3, -0.25) is 5.32 Å². The topological polar surface area (TPSA) is 87.4 Å². The molecule has 1 rings (SSSR count). The van der Waals surface area contributed by atoms with Crippen LogP contribution >= 0.6 is 0 Å². The van der Waals surface area contributed by atoms with Crippen molar-refractivity contribution in [3.05, 3.63) is 12.3 Å². The first kappa shape index (κ1) is 10.5. The first-order valence-electron chi connectivity index (χ1n) is 4.35. The number of rotatable bonds is 4. The standard InChI is InChI=1S/C8H13N3O3/c1-2-6(5-12)10-8(13)11-7-3-4-9-14-7/h3-4,6,12H,2,5H2,1H3,(H2,10,11,13). The zero-order valence-corrected chi connectivity index (χ0v) is 7.86. The molecule has 6 nitrogen and oxygen atoms in total. The van der Waals surface area contributed by atoms with E-state index in [9.17, 15) is 4.79 Å². The third kappa shape index (κ3) is 3.06. The van der Waals surface area contributed by atoms with Crippen LogP contribution in [0.3, 0.4) is 0 Å². The fraction of sp³-hybridized carbons (Fsp3) is 0.500. The minimum Gasteiger partial charge on any atom is -0.394 e. The van der Waals surface area contributed by atoms with Crippen molar-refractivity contribution < 1.29 is 14.4 Å². The highest BCUT2D eigenvalue weighted by molar-refractivity contribution is 5.87. The fourth-order valence-electron chi connectivity index (χ4n) is 0.890. The SMILES string of the molecule is CCC(CO)NC(=O)Nc1ccno1. The van der Waals surface area contributed by atoms with Crippen molar-refractivity contribution in [2.45, 2.75) is 19.4 Å². The van der Waals surface area contributed by atoms with Crippen molar-refractivity contribution in [2.24, 2.45) is 0 Å². The van der Waals surface area contributed by atoms with Gasteiger partial charge >= 0.3 is 6.03 Å². The summed E-state index contributed by atoms with van der Waals surface area (Å²) < 4.78 is 4.67. The Morgan fingerprint density at radius 3 is 3.07 bits per heavy atom. The highest BCUT2D eigenvalue weighted by Crippen LogP contribution is 2.02. The number of hydrogen-bond donors (Lipinski definition) is 3. The summed E-state index contributed by atoms with van der Waals surface area (Å²) in [5.41, 5.74) is 0. The normalized spacial score (nSPS) is 12.1. The van der Waals surface area contributed by atoms with Crippen LogP contribution in [0.2, 0.25) is 0 Å². The van der Waals surface area contributed by atoms with E-state index in [4.69, 9.17) is 5.11 Å². The number of urea groups is 1. The van der Waals surface area contributed by atoms with Gasteiger partial charge in [0.2, 0.25) is 5.88 Å². The number of nitrogens with one attached hydrogen (secondary N) is 2. The van der Waals surface area contributed by atoms with Crippen LogP contribution in [0, 0.1) is 0 Å². The van der Waals surface area contributed by atoms with Crippen LogP contribution in [0.5, 0.6) is 0 Å². The Kier molecular flexibility index (Phi) is 3.93. The third-order valence-corrected chi connectivity index (χ3v) is 1.72. The van der Waals surface area contributed by atoms with Gasteiger partial charge in [-0.05, 0) is 6.42 Å². The second kappa shape index (κ2) is 5.23. The van der Waals surface area contributed by atoms with Crippen molar-refractivity contribution in [1.82, 2.24) is 10.5 Å². The predicted molar refractivity (Wildman–Crippen MR) is 49.8 cm³/mol. The van der Waals surface area contributed by atoms with Crippen molar-refractivity contribution in [3.8, 4) is 0 Å². The third-order valence-electron chi connectivity index (χ3n) is 1.72. The Morgan fingerprint density at radius 1 is 1.79 bits per heavy atom. The lowest BCUT2D eigenvalue weighted by atomic mass is 10.2. The quantitative estimate of drug-likeness (QED) is 0.661. The Labute approximate surface area is 81.3 Å². The molecule has 0 aliphatic heterocycles. The molecule has 0 fully saturated rings. The van der Waals surface area contributed by atoms with Gasteiger partial charge in [0.05, 0.1) is 18.8 Å². The molecule has 0 radical (unpaired) electrons. The Balaban J connectivity index is 2.35. The van der Waals surface area contributed by atoms with Gasteiger partial charge in [-0.1, -0.05) is 12.1 Å². The van der Waals surface area contributed by atoms with Crippen LogP contribution in [0.15, 0.2) is 16.8 Å². The maximum atomic E-state index is 11.2. The number of aromatic nitrogens is 1. The predicted octanol–water partition coefficient (Wildman–Crippen LogP) is 0.567. The molecular weight excluding hydrogens is 186 g/mol. The largest absolute Gasteiger partial charge is 0.394 e. The number of nitrogens with zero attached hydrogens (tertiary/aromatic N) is 1. The van der Waals surface area contributed by atoms with E-state index < -0.39 is 6.03 Å². The summed E-state index contributed by atoms with van der Waals surface area (Å²) in [6.45, 7) is 1.79. The highest BCUT2D eigenvalue weighted by Gasteiger charge is 2.09. The number of anilines is 1.